The van der Waals surface area contributed by atoms with Crippen LogP contribution in [0.3, 0.4) is 0 Å². The molecule has 0 aliphatic heterocycles. The van der Waals surface area contributed by atoms with Crippen molar-refractivity contribution in [3.63, 3.8) is 0 Å². The molecule has 4 rings (SSSR count). The molecular weight excluding hydrogens is 352 g/mol. The Kier molecular flexibility index (Phi) is 4.81. The van der Waals surface area contributed by atoms with Gasteiger partial charge in [-0.1, -0.05) is 54.1 Å². The molecular formula is C23H20N2O3. The SMILES string of the molecule is Cc1ccc2c(c1)c(N=O)c(O)n2Cc1ccc(OCc2ccccc2)cc1. The monoisotopic (exact) mass is 372 g/mol. The number of aromatic nitrogens is 1. The molecule has 0 saturated carbocycles. The average molecular weight is 372 g/mol. The molecule has 0 spiro atoms. The quantitative estimate of drug-likeness (QED) is 0.443. The fraction of sp³-hybridized carbons (Fsp3) is 0.130. The predicted molar refractivity (Wildman–Crippen MR) is 110 cm³/mol. The van der Waals surface area contributed by atoms with Crippen LogP contribution in [-0.4, -0.2) is 9.67 Å². The highest BCUT2D eigenvalue weighted by Crippen LogP contribution is 2.39. The van der Waals surface area contributed by atoms with E-state index in [-0.39, 0.29) is 11.6 Å². The second kappa shape index (κ2) is 7.56. The van der Waals surface area contributed by atoms with E-state index in [1.165, 1.54) is 0 Å². The van der Waals surface area contributed by atoms with E-state index in [1.807, 2.05) is 79.7 Å². The lowest BCUT2D eigenvalue weighted by molar-refractivity contribution is 0.306. The highest BCUT2D eigenvalue weighted by Gasteiger charge is 2.17. The topological polar surface area (TPSA) is 63.8 Å². The van der Waals surface area contributed by atoms with E-state index in [0.29, 0.717) is 18.5 Å². The Morgan fingerprint density at radius 2 is 1.71 bits per heavy atom. The number of fused-ring (bicyclic) bond motifs is 1. The molecule has 0 saturated heterocycles. The van der Waals surface area contributed by atoms with E-state index in [2.05, 4.69) is 5.18 Å². The smallest absolute Gasteiger partial charge is 0.222 e. The van der Waals surface area contributed by atoms with E-state index in [0.717, 1.165) is 28.0 Å². The third-order valence-corrected chi connectivity index (χ3v) is 4.77. The standard InChI is InChI=1S/C23H20N2O3/c1-16-7-12-21-20(13-16)22(24-27)23(26)25(21)14-17-8-10-19(11-9-17)28-15-18-5-3-2-4-6-18/h2-13,26H,14-15H2,1H3. The molecule has 0 aliphatic carbocycles. The fourth-order valence-electron chi connectivity index (χ4n) is 3.30. The Bertz CT molecular complexity index is 1120. The van der Waals surface area contributed by atoms with Crippen molar-refractivity contribution in [1.82, 2.24) is 4.57 Å². The normalized spacial score (nSPS) is 10.9. The summed E-state index contributed by atoms with van der Waals surface area (Å²) in [5, 5.41) is 14.2. The van der Waals surface area contributed by atoms with Crippen LogP contribution in [0.2, 0.25) is 0 Å². The van der Waals surface area contributed by atoms with Crippen LogP contribution in [0.5, 0.6) is 11.6 Å². The van der Waals surface area contributed by atoms with Crippen LogP contribution in [0.1, 0.15) is 16.7 Å². The molecule has 0 atom stereocenters. The molecule has 0 aliphatic rings. The zero-order valence-electron chi connectivity index (χ0n) is 15.5. The summed E-state index contributed by atoms with van der Waals surface area (Å²) in [6.07, 6.45) is 0. The van der Waals surface area contributed by atoms with Crippen LogP contribution in [0.25, 0.3) is 10.9 Å². The first-order valence-electron chi connectivity index (χ1n) is 9.06. The number of aryl methyl sites for hydroxylation is 1. The van der Waals surface area contributed by atoms with E-state index in [9.17, 15) is 10.0 Å². The zero-order valence-corrected chi connectivity index (χ0v) is 15.5. The maximum Gasteiger partial charge on any atom is 0.222 e. The van der Waals surface area contributed by atoms with E-state index >= 15 is 0 Å². The van der Waals surface area contributed by atoms with Gasteiger partial charge in [0, 0.05) is 5.39 Å². The summed E-state index contributed by atoms with van der Waals surface area (Å²) >= 11 is 0. The molecule has 0 amide bonds. The van der Waals surface area contributed by atoms with Crippen LogP contribution in [0.4, 0.5) is 5.69 Å². The Balaban J connectivity index is 1.55. The van der Waals surface area contributed by atoms with Gasteiger partial charge in [-0.25, -0.2) is 0 Å². The van der Waals surface area contributed by atoms with Gasteiger partial charge in [-0.2, -0.15) is 0 Å². The lowest BCUT2D eigenvalue weighted by atomic mass is 10.1. The minimum atomic E-state index is -0.111. The Hall–Kier alpha value is -3.60. The maximum absolute atomic E-state index is 11.2. The van der Waals surface area contributed by atoms with Gasteiger partial charge in [-0.15, -0.1) is 4.91 Å². The molecule has 140 valence electrons. The van der Waals surface area contributed by atoms with Crippen molar-refractivity contribution in [2.24, 2.45) is 5.18 Å². The second-order valence-corrected chi connectivity index (χ2v) is 6.79. The van der Waals surface area contributed by atoms with Crippen molar-refractivity contribution in [2.45, 2.75) is 20.1 Å². The minimum absolute atomic E-state index is 0.0847. The Labute approximate surface area is 162 Å². The van der Waals surface area contributed by atoms with Crippen molar-refractivity contribution >= 4 is 16.6 Å². The molecule has 1 aromatic heterocycles. The second-order valence-electron chi connectivity index (χ2n) is 6.79. The fourth-order valence-corrected chi connectivity index (χ4v) is 3.30. The number of nitroso groups, excluding NO2 is 1. The third kappa shape index (κ3) is 3.47. The van der Waals surface area contributed by atoms with Crippen LogP contribution >= 0.6 is 0 Å². The highest BCUT2D eigenvalue weighted by molar-refractivity contribution is 5.95. The molecule has 0 radical (unpaired) electrons. The summed E-state index contributed by atoms with van der Waals surface area (Å²) in [6.45, 7) is 2.88. The number of aromatic hydroxyl groups is 1. The lowest BCUT2D eigenvalue weighted by Crippen LogP contribution is -1.99. The zero-order chi connectivity index (χ0) is 19.5. The van der Waals surface area contributed by atoms with Gasteiger partial charge in [-0.3, -0.25) is 0 Å². The molecule has 1 N–H and O–H groups in total. The molecule has 4 aromatic rings. The van der Waals surface area contributed by atoms with Gasteiger partial charge < -0.3 is 14.4 Å². The first kappa shape index (κ1) is 17.8. The number of hydrogen-bond donors (Lipinski definition) is 1. The summed E-state index contributed by atoms with van der Waals surface area (Å²) in [5.74, 6) is 0.667. The molecule has 0 fully saturated rings. The largest absolute Gasteiger partial charge is 0.493 e. The summed E-state index contributed by atoms with van der Waals surface area (Å²) in [7, 11) is 0. The summed E-state index contributed by atoms with van der Waals surface area (Å²) in [5.41, 5.74) is 3.97. The number of benzene rings is 3. The van der Waals surface area contributed by atoms with Gasteiger partial charge in [0.1, 0.15) is 12.4 Å². The summed E-state index contributed by atoms with van der Waals surface area (Å²) in [4.78, 5) is 11.2. The number of rotatable bonds is 6. The van der Waals surface area contributed by atoms with Gasteiger partial charge >= 0.3 is 0 Å². The van der Waals surface area contributed by atoms with Crippen LogP contribution in [0.15, 0.2) is 78.0 Å². The number of ether oxygens (including phenoxy) is 1. The minimum Gasteiger partial charge on any atom is -0.493 e. The molecule has 28 heavy (non-hydrogen) atoms. The van der Waals surface area contributed by atoms with E-state index in [1.54, 1.807) is 4.57 Å². The lowest BCUT2D eigenvalue weighted by Gasteiger charge is -2.10. The van der Waals surface area contributed by atoms with Gasteiger partial charge in [0.05, 0.1) is 12.1 Å². The van der Waals surface area contributed by atoms with E-state index in [4.69, 9.17) is 4.74 Å². The Morgan fingerprint density at radius 3 is 2.43 bits per heavy atom. The molecule has 1 heterocycles. The molecule has 5 heteroatoms. The first-order chi connectivity index (χ1) is 13.7. The van der Waals surface area contributed by atoms with Crippen molar-refractivity contribution < 1.29 is 9.84 Å². The van der Waals surface area contributed by atoms with Crippen molar-refractivity contribution in [2.75, 3.05) is 0 Å². The van der Waals surface area contributed by atoms with Crippen molar-refractivity contribution in [3.8, 4) is 11.6 Å². The first-order valence-corrected chi connectivity index (χ1v) is 9.06. The molecule has 5 nitrogen and oxygen atoms in total. The van der Waals surface area contributed by atoms with Gasteiger partial charge in [0.15, 0.2) is 5.69 Å². The number of nitrogens with zero attached hydrogens (tertiary/aromatic N) is 2. The van der Waals surface area contributed by atoms with Gasteiger partial charge in [0.25, 0.3) is 0 Å². The van der Waals surface area contributed by atoms with Gasteiger partial charge in [0.2, 0.25) is 5.88 Å². The average Bonchev–Trinajstić information content (AvgIpc) is 2.98. The number of hydrogen-bond acceptors (Lipinski definition) is 4. The third-order valence-electron chi connectivity index (χ3n) is 4.77. The van der Waals surface area contributed by atoms with Crippen LogP contribution in [0, 0.1) is 11.8 Å². The van der Waals surface area contributed by atoms with Crippen molar-refractivity contribution in [1.29, 1.82) is 0 Å². The van der Waals surface area contributed by atoms with E-state index < -0.39 is 0 Å². The highest BCUT2D eigenvalue weighted by atomic mass is 16.5. The molecule has 0 bridgehead atoms. The van der Waals surface area contributed by atoms with Crippen LogP contribution in [-0.2, 0) is 13.2 Å². The Morgan fingerprint density at radius 1 is 0.964 bits per heavy atom. The molecule has 3 aromatic carbocycles. The van der Waals surface area contributed by atoms with Gasteiger partial charge in [-0.05, 0) is 47.5 Å². The van der Waals surface area contributed by atoms with Crippen molar-refractivity contribution in [3.05, 3.63) is 94.4 Å². The maximum atomic E-state index is 11.2. The van der Waals surface area contributed by atoms with Crippen LogP contribution < -0.4 is 4.74 Å². The summed E-state index contributed by atoms with van der Waals surface area (Å²) < 4.78 is 7.51. The summed E-state index contributed by atoms with van der Waals surface area (Å²) in [6, 6.07) is 23.4. The molecule has 0 unspecified atom stereocenters. The predicted octanol–water partition coefficient (Wildman–Crippen LogP) is 5.68.